The maximum Gasteiger partial charge on any atom is 0.260 e. The molecule has 1 saturated carbocycles. The number of methoxy groups -OCH3 is 2. The number of carbonyl (C=O) groups excluding carboxylic acids is 3. The first-order valence-corrected chi connectivity index (χ1v) is 11.4. The second kappa shape index (κ2) is 9.09. The molecule has 5 rings (SSSR count). The van der Waals surface area contributed by atoms with Crippen molar-refractivity contribution in [2.24, 2.45) is 28.8 Å². The van der Waals surface area contributed by atoms with E-state index < -0.39 is 0 Å². The number of allylic oxidation sites excluding steroid dienone is 2. The zero-order valence-corrected chi connectivity index (χ0v) is 19.1. The third-order valence-electron chi connectivity index (χ3n) is 6.96. The average molecular weight is 469 g/mol. The fourth-order valence-corrected chi connectivity index (χ4v) is 5.28. The van der Waals surface area contributed by atoms with E-state index in [9.17, 15) is 14.4 Å². The quantitative estimate of drug-likeness (QED) is 0.334. The molecule has 2 aliphatic heterocycles. The molecule has 4 aliphatic rings. The molecule has 34 heavy (non-hydrogen) atoms. The van der Waals surface area contributed by atoms with Gasteiger partial charge in [0.05, 0.1) is 45.5 Å². The molecule has 0 spiro atoms. The van der Waals surface area contributed by atoms with E-state index >= 15 is 0 Å². The van der Waals surface area contributed by atoms with Crippen molar-refractivity contribution in [2.45, 2.75) is 6.42 Å². The Bertz CT molecular complexity index is 1010. The van der Waals surface area contributed by atoms with E-state index in [2.05, 4.69) is 5.10 Å². The number of morpholine rings is 1. The molecule has 0 unspecified atom stereocenters. The Labute approximate surface area is 197 Å². The van der Waals surface area contributed by atoms with Crippen LogP contribution < -0.4 is 14.2 Å². The second-order valence-corrected chi connectivity index (χ2v) is 8.77. The van der Waals surface area contributed by atoms with E-state index in [1.807, 2.05) is 12.2 Å². The van der Waals surface area contributed by atoms with Crippen molar-refractivity contribution in [1.82, 2.24) is 9.91 Å². The van der Waals surface area contributed by atoms with Gasteiger partial charge in [0.15, 0.2) is 18.1 Å². The summed E-state index contributed by atoms with van der Waals surface area (Å²) in [6, 6.07) is 3.30. The van der Waals surface area contributed by atoms with Crippen molar-refractivity contribution in [1.29, 1.82) is 0 Å². The minimum atomic E-state index is -0.302. The van der Waals surface area contributed by atoms with Gasteiger partial charge >= 0.3 is 0 Å². The Kier molecular flexibility index (Phi) is 5.99. The second-order valence-electron chi connectivity index (χ2n) is 8.77. The third-order valence-corrected chi connectivity index (χ3v) is 6.96. The molecule has 180 valence electrons. The summed E-state index contributed by atoms with van der Waals surface area (Å²) in [6.45, 7) is 1.90. The van der Waals surface area contributed by atoms with Gasteiger partial charge in [-0.15, -0.1) is 0 Å². The van der Waals surface area contributed by atoms with E-state index in [0.29, 0.717) is 43.4 Å². The van der Waals surface area contributed by atoms with Crippen LogP contribution in [0.1, 0.15) is 12.0 Å². The summed E-state index contributed by atoms with van der Waals surface area (Å²) in [6.07, 6.45) is 6.39. The van der Waals surface area contributed by atoms with Crippen LogP contribution in [-0.4, -0.2) is 81.0 Å². The summed E-state index contributed by atoms with van der Waals surface area (Å²) in [5, 5.41) is 5.20. The molecule has 3 amide bonds. The molecule has 0 aromatic heterocycles. The van der Waals surface area contributed by atoms with Gasteiger partial charge in [0.1, 0.15) is 0 Å². The molecular formula is C24H27N3O7. The van der Waals surface area contributed by atoms with Crippen LogP contribution in [0.3, 0.4) is 0 Å². The number of hydrazone groups is 1. The number of carbonyl (C=O) groups is 3. The zero-order chi connectivity index (χ0) is 23.8. The number of amides is 3. The van der Waals surface area contributed by atoms with Crippen LogP contribution in [-0.2, 0) is 19.1 Å². The summed E-state index contributed by atoms with van der Waals surface area (Å²) in [7, 11) is 2.95. The SMILES string of the molecule is COc1cc(C=NN2C(=O)[C@@H]3[C@H](C2=O)[C@H]2C=C[C@H]3C2)cc(OC)c1OCC(=O)N1CCOCC1. The standard InChI is InChI=1S/C24H27N3O7/c1-31-17-9-14(10-18(32-2)22(17)34-13-19(28)26-5-7-33-8-6-26)12-25-27-23(29)20-15-3-4-16(11-15)21(20)24(27)30/h3-4,9-10,12,15-16,20-21H,5-8,11,13H2,1-2H3/t15-,16-,20-,21+/m0/s1. The fraction of sp³-hybridized carbons (Fsp3) is 0.500. The maximum atomic E-state index is 12.8. The molecular weight excluding hydrogens is 442 g/mol. The molecule has 0 radical (unpaired) electrons. The summed E-state index contributed by atoms with van der Waals surface area (Å²) in [5.41, 5.74) is 0.555. The van der Waals surface area contributed by atoms with E-state index in [-0.39, 0.29) is 53.7 Å². The minimum absolute atomic E-state index is 0.128. The molecule has 3 fully saturated rings. The van der Waals surface area contributed by atoms with Crippen LogP contribution in [0.4, 0.5) is 0 Å². The smallest absolute Gasteiger partial charge is 0.260 e. The number of hydrogen-bond acceptors (Lipinski definition) is 8. The first-order chi connectivity index (χ1) is 16.5. The lowest BCUT2D eigenvalue weighted by Gasteiger charge is -2.27. The highest BCUT2D eigenvalue weighted by atomic mass is 16.5. The van der Waals surface area contributed by atoms with Gasteiger partial charge in [0.25, 0.3) is 17.7 Å². The molecule has 1 aromatic rings. The predicted molar refractivity (Wildman–Crippen MR) is 120 cm³/mol. The first-order valence-electron chi connectivity index (χ1n) is 11.4. The Hall–Kier alpha value is -3.40. The highest BCUT2D eigenvalue weighted by Crippen LogP contribution is 2.52. The van der Waals surface area contributed by atoms with Crippen molar-refractivity contribution < 1.29 is 33.3 Å². The fourth-order valence-electron chi connectivity index (χ4n) is 5.28. The minimum Gasteiger partial charge on any atom is -0.493 e. The van der Waals surface area contributed by atoms with E-state index in [4.69, 9.17) is 18.9 Å². The Morgan fingerprint density at radius 3 is 2.21 bits per heavy atom. The maximum absolute atomic E-state index is 12.8. The van der Waals surface area contributed by atoms with Gasteiger partial charge in [-0.1, -0.05) is 12.2 Å². The Morgan fingerprint density at radius 2 is 1.65 bits per heavy atom. The summed E-state index contributed by atoms with van der Waals surface area (Å²) in [4.78, 5) is 39.8. The highest BCUT2D eigenvalue weighted by Gasteiger charge is 2.59. The van der Waals surface area contributed by atoms with Gasteiger partial charge in [-0.3, -0.25) is 14.4 Å². The first kappa shape index (κ1) is 22.4. The Balaban J connectivity index is 1.31. The predicted octanol–water partition coefficient (Wildman–Crippen LogP) is 1.08. The lowest BCUT2D eigenvalue weighted by atomic mass is 9.85. The average Bonchev–Trinajstić information content (AvgIpc) is 3.55. The zero-order valence-electron chi connectivity index (χ0n) is 19.1. The molecule has 2 aliphatic carbocycles. The van der Waals surface area contributed by atoms with E-state index in [1.54, 1.807) is 17.0 Å². The largest absolute Gasteiger partial charge is 0.493 e. The summed E-state index contributed by atoms with van der Waals surface area (Å²) >= 11 is 0. The van der Waals surface area contributed by atoms with Crippen LogP contribution in [0.2, 0.25) is 0 Å². The van der Waals surface area contributed by atoms with Crippen molar-refractivity contribution >= 4 is 23.9 Å². The van der Waals surface area contributed by atoms with Crippen LogP contribution >= 0.6 is 0 Å². The Morgan fingerprint density at radius 1 is 1.06 bits per heavy atom. The number of fused-ring (bicyclic) bond motifs is 5. The molecule has 1 aromatic carbocycles. The number of rotatable bonds is 7. The lowest BCUT2D eigenvalue weighted by Crippen LogP contribution is -2.43. The lowest BCUT2D eigenvalue weighted by molar-refractivity contribution is -0.140. The molecule has 0 N–H and O–H groups in total. The van der Waals surface area contributed by atoms with Crippen LogP contribution in [0.5, 0.6) is 17.2 Å². The number of benzene rings is 1. The third kappa shape index (κ3) is 3.81. The van der Waals surface area contributed by atoms with Crippen LogP contribution in [0, 0.1) is 23.7 Å². The van der Waals surface area contributed by atoms with Crippen LogP contribution in [0.25, 0.3) is 0 Å². The number of hydrogen-bond donors (Lipinski definition) is 0. The van der Waals surface area contributed by atoms with Crippen LogP contribution in [0.15, 0.2) is 29.4 Å². The number of ether oxygens (including phenoxy) is 4. The highest BCUT2D eigenvalue weighted by molar-refractivity contribution is 6.06. The van der Waals surface area contributed by atoms with Crippen molar-refractivity contribution in [3.8, 4) is 17.2 Å². The molecule has 10 heteroatoms. The molecule has 10 nitrogen and oxygen atoms in total. The van der Waals surface area contributed by atoms with Gasteiger partial charge in [0, 0.05) is 18.7 Å². The van der Waals surface area contributed by atoms with Crippen molar-refractivity contribution in [2.75, 3.05) is 47.1 Å². The normalized spacial score (nSPS) is 27.6. The van der Waals surface area contributed by atoms with Gasteiger partial charge in [-0.25, -0.2) is 0 Å². The van der Waals surface area contributed by atoms with Gasteiger partial charge in [-0.05, 0) is 30.4 Å². The van der Waals surface area contributed by atoms with Gasteiger partial charge in [0.2, 0.25) is 5.75 Å². The monoisotopic (exact) mass is 469 g/mol. The summed E-state index contributed by atoms with van der Waals surface area (Å²) in [5.74, 6) is -0.0268. The van der Waals surface area contributed by atoms with Crippen molar-refractivity contribution in [3.63, 3.8) is 0 Å². The van der Waals surface area contributed by atoms with Crippen molar-refractivity contribution in [3.05, 3.63) is 29.8 Å². The molecule has 4 atom stereocenters. The van der Waals surface area contributed by atoms with Gasteiger partial charge < -0.3 is 23.8 Å². The van der Waals surface area contributed by atoms with E-state index in [0.717, 1.165) is 11.4 Å². The van der Waals surface area contributed by atoms with E-state index in [1.165, 1.54) is 20.4 Å². The van der Waals surface area contributed by atoms with Gasteiger partial charge in [-0.2, -0.15) is 10.1 Å². The molecule has 2 bridgehead atoms. The number of nitrogens with zero attached hydrogens (tertiary/aromatic N) is 3. The summed E-state index contributed by atoms with van der Waals surface area (Å²) < 4.78 is 21.9. The topological polar surface area (TPSA) is 107 Å². The number of imide groups is 1. The molecule has 2 saturated heterocycles. The molecule has 2 heterocycles.